The molecule has 22 aromatic rings. The van der Waals surface area contributed by atoms with Crippen LogP contribution in [0.3, 0.4) is 0 Å². The second kappa shape index (κ2) is 36.9. The van der Waals surface area contributed by atoms with Crippen LogP contribution in [0, 0.1) is 0 Å². The third-order valence-corrected chi connectivity index (χ3v) is 27.8. The van der Waals surface area contributed by atoms with Crippen LogP contribution in [0.2, 0.25) is 0 Å². The van der Waals surface area contributed by atoms with Crippen LogP contribution in [0.1, 0.15) is 44.5 Å². The molecule has 0 radical (unpaired) electrons. The molecule has 0 saturated carbocycles. The van der Waals surface area contributed by atoms with Crippen LogP contribution < -0.4 is 9.80 Å². The van der Waals surface area contributed by atoms with Crippen LogP contribution >= 0.6 is 0 Å². The zero-order valence-electron chi connectivity index (χ0n) is 75.9. The molecule has 2 aliphatic carbocycles. The molecule has 0 saturated heterocycles. The summed E-state index contributed by atoms with van der Waals surface area (Å²) in [6.45, 7) is 0. The molecule has 2 aliphatic rings. The Morgan fingerprint density at radius 3 is 0.732 bits per heavy atom. The third kappa shape index (κ3) is 15.4. The van der Waals surface area contributed by atoms with Gasteiger partial charge < -0.3 is 20.0 Å². The Labute approximate surface area is 806 Å². The summed E-state index contributed by atoms with van der Waals surface area (Å²) in [5, 5.41) is 21.7. The quantitative estimate of drug-likeness (QED) is 0.0798. The second-order valence-electron chi connectivity index (χ2n) is 35.5. The van der Waals surface area contributed by atoms with Crippen molar-refractivity contribution in [2.24, 2.45) is 0 Å². The van der Waals surface area contributed by atoms with Gasteiger partial charge in [-0.3, -0.25) is 0 Å². The van der Waals surface area contributed by atoms with Crippen LogP contribution in [-0.4, -0.2) is 10.2 Å². The van der Waals surface area contributed by atoms with E-state index in [0.29, 0.717) is 0 Å². The minimum atomic E-state index is -0.478. The summed E-state index contributed by atoms with van der Waals surface area (Å²) < 4.78 is 0. The lowest BCUT2D eigenvalue weighted by molar-refractivity contribution is 0.477. The maximum atomic E-state index is 10.9. The van der Waals surface area contributed by atoms with Gasteiger partial charge in [-0.1, -0.05) is 473 Å². The molecule has 4 nitrogen and oxygen atoms in total. The van der Waals surface area contributed by atoms with Gasteiger partial charge in [-0.15, -0.1) is 0 Å². The molecule has 652 valence electrons. The molecule has 0 aromatic heterocycles. The number of anilines is 6. The first-order valence-corrected chi connectivity index (χ1v) is 47.3. The Kier molecular flexibility index (Phi) is 22.5. The maximum Gasteiger partial charge on any atom is 0.123 e. The summed E-state index contributed by atoms with van der Waals surface area (Å²) in [5.41, 5.74) is 42.4. The van der Waals surface area contributed by atoms with E-state index < -0.39 is 10.8 Å². The average molecular weight is 1760 g/mol. The largest absolute Gasteiger partial charge is 0.507 e. The molecule has 2 N–H and O–H groups in total. The minimum Gasteiger partial charge on any atom is -0.507 e. The van der Waals surface area contributed by atoms with E-state index in [1.807, 2.05) is 36.4 Å². The molecule has 0 bridgehead atoms. The zero-order valence-corrected chi connectivity index (χ0v) is 75.9. The molecule has 0 unspecified atom stereocenters. The number of benzene rings is 22. The topological polar surface area (TPSA) is 46.9 Å². The monoisotopic (exact) mass is 1760 g/mol. The molecular weight excluding hydrogens is 1670 g/mol. The van der Waals surface area contributed by atoms with Crippen LogP contribution in [-0.2, 0) is 10.8 Å². The van der Waals surface area contributed by atoms with E-state index in [4.69, 9.17) is 0 Å². The molecule has 0 atom stereocenters. The lowest BCUT2D eigenvalue weighted by Crippen LogP contribution is -2.28. The fourth-order valence-electron chi connectivity index (χ4n) is 21.5. The molecule has 24 rings (SSSR count). The van der Waals surface area contributed by atoms with E-state index in [-0.39, 0.29) is 11.5 Å². The Balaban J connectivity index is 0.000000155. The van der Waals surface area contributed by atoms with Crippen molar-refractivity contribution in [2.75, 3.05) is 9.80 Å². The van der Waals surface area contributed by atoms with Gasteiger partial charge in [0.2, 0.25) is 0 Å². The molecule has 0 heterocycles. The van der Waals surface area contributed by atoms with Crippen molar-refractivity contribution in [2.45, 2.75) is 10.8 Å². The van der Waals surface area contributed by atoms with Gasteiger partial charge in [-0.05, 0) is 241 Å². The fraction of sp³-hybridized carbons (Fsp3) is 0.0149. The summed E-state index contributed by atoms with van der Waals surface area (Å²) in [6, 6.07) is 200. The highest BCUT2D eigenvalue weighted by Gasteiger charge is 2.49. The SMILES string of the molecule is Oc1ccccc1-c1cccc(-c2ccccc2N(c2ccc(-c3ccc(-c4ccccc4)cc3)cc2)c2ccc(-c3cccc4c3-c3ccccc3C4(c3ccccc3)c3ccccc3)cc2)c1.Oc1ccccc1-c1cccc(-c2ccccc2N(c2ccc(-c3cccc4c3-c3ccccc3C4(c3ccccc3)c3ccccc3)cc2)c2cccc(-c3ccc(-c4ccccc4)cc3)c2)c1. The zero-order chi connectivity index (χ0) is 92.3. The lowest BCUT2D eigenvalue weighted by Gasteiger charge is -2.34. The Morgan fingerprint density at radius 2 is 0.370 bits per heavy atom. The smallest absolute Gasteiger partial charge is 0.123 e. The Hall–Kier alpha value is -18.0. The maximum absolute atomic E-state index is 10.9. The summed E-state index contributed by atoms with van der Waals surface area (Å²) in [5.74, 6) is 0.523. The third-order valence-electron chi connectivity index (χ3n) is 27.8. The number of phenols is 2. The van der Waals surface area contributed by atoms with E-state index in [9.17, 15) is 10.2 Å². The van der Waals surface area contributed by atoms with E-state index in [2.05, 4.69) is 519 Å². The number of aromatic hydroxyl groups is 2. The van der Waals surface area contributed by atoms with Gasteiger partial charge in [-0.2, -0.15) is 0 Å². The number of phenolic OH excluding ortho intramolecular Hbond substituents is 2. The van der Waals surface area contributed by atoms with Crippen molar-refractivity contribution < 1.29 is 10.2 Å². The molecule has 22 aromatic carbocycles. The van der Waals surface area contributed by atoms with Gasteiger partial charge in [0.1, 0.15) is 11.5 Å². The molecule has 4 heteroatoms. The van der Waals surface area contributed by atoms with Gasteiger partial charge in [0, 0.05) is 45.0 Å². The normalized spacial score (nSPS) is 12.2. The van der Waals surface area contributed by atoms with Crippen LogP contribution in [0.15, 0.2) is 558 Å². The fourth-order valence-corrected chi connectivity index (χ4v) is 21.5. The first-order chi connectivity index (χ1) is 68.3. The number of fused-ring (bicyclic) bond motifs is 6. The van der Waals surface area contributed by atoms with Gasteiger partial charge in [0.05, 0.1) is 22.2 Å². The predicted octanol–water partition coefficient (Wildman–Crippen LogP) is 35.1. The Morgan fingerprint density at radius 1 is 0.138 bits per heavy atom. The van der Waals surface area contributed by atoms with E-state index in [1.54, 1.807) is 12.1 Å². The van der Waals surface area contributed by atoms with Crippen molar-refractivity contribution >= 4 is 34.1 Å². The van der Waals surface area contributed by atoms with Gasteiger partial charge in [0.25, 0.3) is 0 Å². The number of nitrogens with zero attached hydrogens (tertiary/aromatic N) is 2. The van der Waals surface area contributed by atoms with Crippen molar-refractivity contribution in [3.63, 3.8) is 0 Å². The van der Waals surface area contributed by atoms with Crippen molar-refractivity contribution in [3.8, 4) is 145 Å². The standard InChI is InChI=1S/2C67H47NO/c69-65-36-15-12-30-59(65)53-23-16-22-52(45-53)58-29-11-14-35-64(58)68(57-28-17-21-51(46-57)49-39-37-48(38-40-49)47-19-4-1-5-20-47)56-43-41-50(42-44-56)60-32-18-34-63-66(60)61-31-10-13-33-62(61)67(63,54-24-6-2-7-25-54)55-26-8-3-9-27-55;69-65-33-15-12-27-59(65)53-21-16-20-52(46-53)58-26-11-14-32-64(58)68(56-42-38-50(39-43-56)49-36-34-48(35-37-49)47-18-4-1-5-19-47)57-44-40-51(41-45-57)60-29-17-31-63-66(60)61-28-10-13-30-62(61)67(63,54-22-6-2-7-23-54)55-24-8-3-9-25-55/h2*1-46,69H. The van der Waals surface area contributed by atoms with Gasteiger partial charge >= 0.3 is 0 Å². The van der Waals surface area contributed by atoms with E-state index >= 15 is 0 Å². The van der Waals surface area contributed by atoms with Crippen molar-refractivity contribution in [1.29, 1.82) is 0 Å². The number of hydrogen-bond acceptors (Lipinski definition) is 4. The molecule has 0 spiro atoms. The molecule has 0 aliphatic heterocycles. The Bertz CT molecular complexity index is 8070. The van der Waals surface area contributed by atoms with Crippen LogP contribution in [0.25, 0.3) is 134 Å². The number of para-hydroxylation sites is 4. The highest BCUT2D eigenvalue weighted by atomic mass is 16.3. The molecule has 0 amide bonds. The van der Waals surface area contributed by atoms with Crippen molar-refractivity contribution in [1.82, 2.24) is 0 Å². The summed E-state index contributed by atoms with van der Waals surface area (Å²) in [4.78, 5) is 4.75. The van der Waals surface area contributed by atoms with Crippen LogP contribution in [0.4, 0.5) is 34.1 Å². The van der Waals surface area contributed by atoms with Gasteiger partial charge in [-0.25, -0.2) is 0 Å². The summed E-state index contributed by atoms with van der Waals surface area (Å²) in [6.07, 6.45) is 0. The first-order valence-electron chi connectivity index (χ1n) is 47.3. The first kappa shape index (κ1) is 84.3. The van der Waals surface area contributed by atoms with Gasteiger partial charge in [0.15, 0.2) is 0 Å². The number of rotatable bonds is 20. The lowest BCUT2D eigenvalue weighted by atomic mass is 9.67. The van der Waals surface area contributed by atoms with Crippen molar-refractivity contribution in [3.05, 3.63) is 603 Å². The van der Waals surface area contributed by atoms with E-state index in [0.717, 1.165) is 106 Å². The van der Waals surface area contributed by atoms with Crippen LogP contribution in [0.5, 0.6) is 11.5 Å². The average Bonchev–Trinajstić information content (AvgIpc) is 1.54. The predicted molar refractivity (Wildman–Crippen MR) is 575 cm³/mol. The highest BCUT2D eigenvalue weighted by Crippen LogP contribution is 2.61. The molecule has 0 fully saturated rings. The highest BCUT2D eigenvalue weighted by molar-refractivity contribution is 6.00. The van der Waals surface area contributed by atoms with E-state index in [1.165, 1.54) is 106 Å². The molecular formula is C134H94N2O2. The second-order valence-corrected chi connectivity index (χ2v) is 35.5. The molecule has 138 heavy (non-hydrogen) atoms. The summed E-state index contributed by atoms with van der Waals surface area (Å²) >= 11 is 0. The minimum absolute atomic E-state index is 0.261. The summed E-state index contributed by atoms with van der Waals surface area (Å²) in [7, 11) is 0. The number of hydrogen-bond donors (Lipinski definition) is 2.